The normalized spacial score (nSPS) is 12.8. The molecule has 1 aliphatic rings. The summed E-state index contributed by atoms with van der Waals surface area (Å²) >= 11 is 0. The Kier molecular flexibility index (Phi) is 7.22. The van der Waals surface area contributed by atoms with Gasteiger partial charge in [0.2, 0.25) is 0 Å². The molecule has 4 aromatic rings. The van der Waals surface area contributed by atoms with Crippen molar-refractivity contribution in [1.82, 2.24) is 19.3 Å². The molecule has 1 aliphatic heterocycles. The lowest BCUT2D eigenvalue weighted by Gasteiger charge is -2.25. The molecule has 0 aliphatic carbocycles. The molecular formula is C30H35N5O3. The molecule has 3 heterocycles. The summed E-state index contributed by atoms with van der Waals surface area (Å²) in [5, 5.41) is 7.05. The second kappa shape index (κ2) is 10.7. The van der Waals surface area contributed by atoms with Crippen LogP contribution in [-0.4, -0.2) is 33.0 Å². The lowest BCUT2D eigenvalue weighted by molar-refractivity contribution is 0.310. The van der Waals surface area contributed by atoms with Crippen molar-refractivity contribution in [3.63, 3.8) is 0 Å². The molecule has 8 heteroatoms. The number of aryl methyl sites for hydroxylation is 5. The van der Waals surface area contributed by atoms with Crippen LogP contribution in [0.3, 0.4) is 0 Å². The number of ether oxygens (including phenoxy) is 2. The largest absolute Gasteiger partial charge is 0.493 e. The Morgan fingerprint density at radius 2 is 1.87 bits per heavy atom. The molecule has 8 nitrogen and oxygen atoms in total. The molecule has 0 spiro atoms. The van der Waals surface area contributed by atoms with Crippen LogP contribution in [0.2, 0.25) is 0 Å². The van der Waals surface area contributed by atoms with E-state index in [9.17, 15) is 4.79 Å². The van der Waals surface area contributed by atoms with E-state index in [0.29, 0.717) is 30.9 Å². The first kappa shape index (κ1) is 25.6. The van der Waals surface area contributed by atoms with E-state index in [1.54, 1.807) is 13.3 Å². The molecule has 0 amide bonds. The van der Waals surface area contributed by atoms with Crippen LogP contribution in [0.25, 0.3) is 11.3 Å². The number of nitrogens with zero attached hydrogens (tertiary/aromatic N) is 4. The zero-order valence-electron chi connectivity index (χ0n) is 22.8. The molecule has 0 atom stereocenters. The maximum absolute atomic E-state index is 14.0. The van der Waals surface area contributed by atoms with E-state index in [1.807, 2.05) is 40.3 Å². The minimum Gasteiger partial charge on any atom is -0.493 e. The van der Waals surface area contributed by atoms with E-state index >= 15 is 0 Å². The van der Waals surface area contributed by atoms with Crippen molar-refractivity contribution in [1.29, 1.82) is 0 Å². The predicted molar refractivity (Wildman–Crippen MR) is 148 cm³/mol. The third-order valence-corrected chi connectivity index (χ3v) is 7.11. The van der Waals surface area contributed by atoms with Gasteiger partial charge < -0.3 is 9.47 Å². The van der Waals surface area contributed by atoms with Crippen molar-refractivity contribution >= 4 is 5.69 Å². The molecule has 0 radical (unpaired) electrons. The number of H-pyrrole nitrogens is 1. The average Bonchev–Trinajstić information content (AvgIpc) is 3.41. The molecule has 0 unspecified atom stereocenters. The smallest absolute Gasteiger partial charge is 0.330 e. The fourth-order valence-corrected chi connectivity index (χ4v) is 5.39. The van der Waals surface area contributed by atoms with Gasteiger partial charge in [0, 0.05) is 36.6 Å². The van der Waals surface area contributed by atoms with E-state index in [2.05, 4.69) is 43.1 Å². The third kappa shape index (κ3) is 4.90. The SMILES string of the molecule is CCOc1cc2c(cc1OC)-c1cc(=Nc3c(C)cc(C)cc3C)n(CCCc3ccn[nH]3)c(=O)n1CC2. The molecule has 1 N–H and O–H groups in total. The highest BCUT2D eigenvalue weighted by Crippen LogP contribution is 2.37. The van der Waals surface area contributed by atoms with Crippen LogP contribution in [0.1, 0.15) is 41.3 Å². The summed E-state index contributed by atoms with van der Waals surface area (Å²) in [6.07, 6.45) is 4.09. The Bertz CT molecular complexity index is 1570. The van der Waals surface area contributed by atoms with Crippen LogP contribution < -0.4 is 20.7 Å². The molecule has 0 fully saturated rings. The first-order valence-corrected chi connectivity index (χ1v) is 13.2. The number of methoxy groups -OCH3 is 1. The summed E-state index contributed by atoms with van der Waals surface area (Å²) in [7, 11) is 1.64. The predicted octanol–water partition coefficient (Wildman–Crippen LogP) is 4.79. The van der Waals surface area contributed by atoms with Crippen molar-refractivity contribution in [2.45, 2.75) is 60.0 Å². The number of benzene rings is 2. The van der Waals surface area contributed by atoms with Crippen molar-refractivity contribution in [2.75, 3.05) is 13.7 Å². The summed E-state index contributed by atoms with van der Waals surface area (Å²) in [6.45, 7) is 9.91. The molecule has 0 saturated heterocycles. The highest BCUT2D eigenvalue weighted by molar-refractivity contribution is 5.70. The van der Waals surface area contributed by atoms with Crippen molar-refractivity contribution in [3.8, 4) is 22.8 Å². The molecule has 0 bridgehead atoms. The maximum Gasteiger partial charge on any atom is 0.330 e. The summed E-state index contributed by atoms with van der Waals surface area (Å²) in [5.74, 6) is 1.39. The number of nitrogens with one attached hydrogen (secondary N) is 1. The van der Waals surface area contributed by atoms with Gasteiger partial charge in [0.05, 0.1) is 25.1 Å². The van der Waals surface area contributed by atoms with Crippen molar-refractivity contribution in [3.05, 3.63) is 86.5 Å². The summed E-state index contributed by atoms with van der Waals surface area (Å²) in [6, 6.07) is 12.3. The number of fused-ring (bicyclic) bond motifs is 3. The van der Waals surface area contributed by atoms with Gasteiger partial charge in [-0.2, -0.15) is 5.10 Å². The van der Waals surface area contributed by atoms with Crippen molar-refractivity contribution in [2.24, 2.45) is 4.99 Å². The van der Waals surface area contributed by atoms with Crippen LogP contribution in [0, 0.1) is 20.8 Å². The first-order chi connectivity index (χ1) is 18.4. The monoisotopic (exact) mass is 513 g/mol. The molecule has 198 valence electrons. The Morgan fingerprint density at radius 1 is 1.08 bits per heavy atom. The Hall–Kier alpha value is -4.07. The van der Waals surface area contributed by atoms with Crippen LogP contribution in [0.15, 0.2) is 52.4 Å². The summed E-state index contributed by atoms with van der Waals surface area (Å²) in [5.41, 5.74) is 8.91. The lowest BCUT2D eigenvalue weighted by atomic mass is 9.97. The van der Waals surface area contributed by atoms with Gasteiger partial charge in [-0.05, 0) is 81.8 Å². The summed E-state index contributed by atoms with van der Waals surface area (Å²) < 4.78 is 15.1. The second-order valence-electron chi connectivity index (χ2n) is 9.86. The van der Waals surface area contributed by atoms with Crippen molar-refractivity contribution < 1.29 is 9.47 Å². The van der Waals surface area contributed by atoms with Gasteiger partial charge in [0.15, 0.2) is 11.5 Å². The van der Waals surface area contributed by atoms with Gasteiger partial charge in [-0.15, -0.1) is 0 Å². The minimum atomic E-state index is -0.0493. The van der Waals surface area contributed by atoms with E-state index in [-0.39, 0.29) is 5.69 Å². The molecule has 2 aromatic heterocycles. The van der Waals surface area contributed by atoms with Crippen LogP contribution in [0.5, 0.6) is 11.5 Å². The van der Waals surface area contributed by atoms with Crippen LogP contribution in [0.4, 0.5) is 5.69 Å². The topological polar surface area (TPSA) is 86.4 Å². The lowest BCUT2D eigenvalue weighted by Crippen LogP contribution is -2.42. The van der Waals surface area contributed by atoms with E-state index < -0.39 is 0 Å². The minimum absolute atomic E-state index is 0.0493. The fraction of sp³-hybridized carbons (Fsp3) is 0.367. The van der Waals surface area contributed by atoms with Gasteiger partial charge in [-0.3, -0.25) is 14.2 Å². The molecular weight excluding hydrogens is 478 g/mol. The first-order valence-electron chi connectivity index (χ1n) is 13.2. The quantitative estimate of drug-likeness (QED) is 0.367. The molecule has 2 aromatic carbocycles. The Morgan fingerprint density at radius 3 is 2.55 bits per heavy atom. The van der Waals surface area contributed by atoms with Gasteiger partial charge in [0.1, 0.15) is 5.49 Å². The Balaban J connectivity index is 1.68. The number of aromatic amines is 1. The zero-order chi connectivity index (χ0) is 26.8. The van der Waals surface area contributed by atoms with E-state index in [0.717, 1.165) is 64.3 Å². The van der Waals surface area contributed by atoms with Crippen LogP contribution >= 0.6 is 0 Å². The Labute approximate surface area is 222 Å². The van der Waals surface area contributed by atoms with Crippen LogP contribution in [-0.2, 0) is 25.9 Å². The average molecular weight is 514 g/mol. The molecule has 38 heavy (non-hydrogen) atoms. The van der Waals surface area contributed by atoms with Gasteiger partial charge in [-0.25, -0.2) is 9.79 Å². The third-order valence-electron chi connectivity index (χ3n) is 7.11. The summed E-state index contributed by atoms with van der Waals surface area (Å²) in [4.78, 5) is 19.1. The highest BCUT2D eigenvalue weighted by Gasteiger charge is 2.22. The number of rotatable bonds is 8. The number of hydrogen-bond acceptors (Lipinski definition) is 5. The fourth-order valence-electron chi connectivity index (χ4n) is 5.39. The van der Waals surface area contributed by atoms with Gasteiger partial charge in [0.25, 0.3) is 0 Å². The maximum atomic E-state index is 14.0. The second-order valence-corrected chi connectivity index (χ2v) is 9.86. The molecule has 5 rings (SSSR count). The van der Waals surface area contributed by atoms with E-state index in [4.69, 9.17) is 14.5 Å². The zero-order valence-corrected chi connectivity index (χ0v) is 22.8. The standard InChI is InChI=1S/C30H35N5O3/c1-6-38-27-16-22-10-13-34-25(24(22)17-26(27)37-5)18-28(32-29-20(3)14-19(2)15-21(29)4)35(30(34)36)12-7-8-23-9-11-31-33-23/h9,11,14-18H,6-8,10,12-13H2,1-5H3,(H,31,33). The highest BCUT2D eigenvalue weighted by atomic mass is 16.5. The van der Waals surface area contributed by atoms with Gasteiger partial charge >= 0.3 is 5.69 Å². The van der Waals surface area contributed by atoms with E-state index in [1.165, 1.54) is 5.56 Å². The van der Waals surface area contributed by atoms with Gasteiger partial charge in [-0.1, -0.05) is 17.7 Å². The number of aromatic nitrogens is 4. The number of hydrogen-bond donors (Lipinski definition) is 1. The molecule has 0 saturated carbocycles.